The van der Waals surface area contributed by atoms with Gasteiger partial charge in [-0.25, -0.2) is 0 Å². The zero-order valence-electron chi connectivity index (χ0n) is 12.5. The smallest absolute Gasteiger partial charge is 0.0488 e. The molecule has 0 spiro atoms. The Bertz CT molecular complexity index is 417. The summed E-state index contributed by atoms with van der Waals surface area (Å²) in [6.45, 7) is 0. The van der Waals surface area contributed by atoms with Crippen molar-refractivity contribution < 1.29 is 0 Å². The lowest BCUT2D eigenvalue weighted by molar-refractivity contribution is 0.328. The van der Waals surface area contributed by atoms with E-state index in [0.717, 1.165) is 5.92 Å². The molecule has 0 heterocycles. The quantitative estimate of drug-likeness (QED) is 0.483. The van der Waals surface area contributed by atoms with Gasteiger partial charge in [0.25, 0.3) is 0 Å². The molecular weight excluding hydrogens is 244 g/mol. The van der Waals surface area contributed by atoms with Crippen molar-refractivity contribution in [1.29, 1.82) is 0 Å². The molecule has 0 aromatic heterocycles. The van der Waals surface area contributed by atoms with Crippen LogP contribution in [0.2, 0.25) is 0 Å². The predicted octanol–water partition coefficient (Wildman–Crippen LogP) is 4.43. The largest absolute Gasteiger partial charge is 0.271 e. The van der Waals surface area contributed by atoms with Crippen LogP contribution < -0.4 is 11.3 Å². The second kappa shape index (κ2) is 6.73. The summed E-state index contributed by atoms with van der Waals surface area (Å²) in [6.07, 6.45) is 12.3. The summed E-state index contributed by atoms with van der Waals surface area (Å²) in [7, 11) is 0. The van der Waals surface area contributed by atoms with Crippen LogP contribution in [0.3, 0.4) is 0 Å². The van der Waals surface area contributed by atoms with E-state index in [0.29, 0.717) is 12.0 Å². The maximum absolute atomic E-state index is 5.91. The van der Waals surface area contributed by atoms with Crippen LogP contribution in [0.5, 0.6) is 0 Å². The minimum atomic E-state index is 0.341. The number of hydrogen-bond donors (Lipinski definition) is 2. The summed E-state index contributed by atoms with van der Waals surface area (Å²) in [5, 5.41) is 0. The van der Waals surface area contributed by atoms with Crippen LogP contribution in [0, 0.1) is 5.92 Å². The minimum absolute atomic E-state index is 0.341. The Morgan fingerprint density at radius 1 is 0.950 bits per heavy atom. The van der Waals surface area contributed by atoms with E-state index in [2.05, 4.69) is 29.7 Å². The fourth-order valence-corrected chi connectivity index (χ4v) is 3.90. The lowest BCUT2D eigenvalue weighted by Crippen LogP contribution is -2.33. The molecule has 2 saturated carbocycles. The van der Waals surface area contributed by atoms with E-state index in [4.69, 9.17) is 5.84 Å². The average molecular weight is 272 g/mol. The average Bonchev–Trinajstić information content (AvgIpc) is 2.67. The van der Waals surface area contributed by atoms with E-state index in [1.807, 2.05) is 0 Å². The van der Waals surface area contributed by atoms with Gasteiger partial charge < -0.3 is 0 Å². The molecule has 20 heavy (non-hydrogen) atoms. The molecule has 110 valence electrons. The van der Waals surface area contributed by atoms with Crippen molar-refractivity contribution in [1.82, 2.24) is 5.43 Å². The first-order valence-corrected chi connectivity index (χ1v) is 8.44. The number of hydrogen-bond acceptors (Lipinski definition) is 2. The zero-order chi connectivity index (χ0) is 13.8. The monoisotopic (exact) mass is 272 g/mol. The van der Waals surface area contributed by atoms with Crippen molar-refractivity contribution in [3.05, 3.63) is 35.4 Å². The standard InChI is InChI=1S/C18H28N2/c19-20-18(15-7-3-1-2-4-8-15)17-12-6-11-16(13-17)14-9-5-10-14/h6,11-15,18,20H,1-5,7-10,19H2. The Morgan fingerprint density at radius 3 is 2.30 bits per heavy atom. The third-order valence-electron chi connectivity index (χ3n) is 5.40. The molecule has 3 rings (SSSR count). The normalized spacial score (nSPS) is 23.1. The molecule has 0 radical (unpaired) electrons. The number of nitrogens with one attached hydrogen (secondary N) is 1. The highest BCUT2D eigenvalue weighted by atomic mass is 15.2. The minimum Gasteiger partial charge on any atom is -0.271 e. The lowest BCUT2D eigenvalue weighted by Gasteiger charge is -2.29. The van der Waals surface area contributed by atoms with Gasteiger partial charge in [-0.15, -0.1) is 0 Å². The summed E-state index contributed by atoms with van der Waals surface area (Å²) in [5.74, 6) is 7.42. The first-order valence-electron chi connectivity index (χ1n) is 8.44. The van der Waals surface area contributed by atoms with Gasteiger partial charge in [-0.1, -0.05) is 56.4 Å². The van der Waals surface area contributed by atoms with E-state index >= 15 is 0 Å². The number of benzene rings is 1. The van der Waals surface area contributed by atoms with Crippen molar-refractivity contribution in [2.75, 3.05) is 0 Å². The number of hydrazine groups is 1. The lowest BCUT2D eigenvalue weighted by atomic mass is 9.78. The molecule has 2 nitrogen and oxygen atoms in total. The van der Waals surface area contributed by atoms with E-state index in [1.54, 1.807) is 0 Å². The van der Waals surface area contributed by atoms with Gasteiger partial charge in [0.05, 0.1) is 0 Å². The number of rotatable bonds is 4. The van der Waals surface area contributed by atoms with Gasteiger partial charge in [-0.3, -0.25) is 11.3 Å². The molecule has 3 N–H and O–H groups in total. The Morgan fingerprint density at radius 2 is 1.70 bits per heavy atom. The zero-order valence-corrected chi connectivity index (χ0v) is 12.5. The van der Waals surface area contributed by atoms with Crippen LogP contribution in [0.4, 0.5) is 0 Å². The van der Waals surface area contributed by atoms with Crippen LogP contribution in [-0.2, 0) is 0 Å². The Labute approximate surface area is 123 Å². The molecule has 0 bridgehead atoms. The molecule has 2 fully saturated rings. The van der Waals surface area contributed by atoms with Crippen molar-refractivity contribution >= 4 is 0 Å². The van der Waals surface area contributed by atoms with Crippen LogP contribution in [0.25, 0.3) is 0 Å². The van der Waals surface area contributed by atoms with Crippen molar-refractivity contribution in [3.63, 3.8) is 0 Å². The molecule has 1 aromatic carbocycles. The van der Waals surface area contributed by atoms with Crippen molar-refractivity contribution in [2.24, 2.45) is 11.8 Å². The molecule has 2 aliphatic carbocycles. The van der Waals surface area contributed by atoms with E-state index in [1.165, 1.54) is 68.9 Å². The molecule has 0 aliphatic heterocycles. The molecule has 1 atom stereocenters. The maximum Gasteiger partial charge on any atom is 0.0488 e. The highest BCUT2D eigenvalue weighted by molar-refractivity contribution is 5.30. The maximum atomic E-state index is 5.91. The van der Waals surface area contributed by atoms with Gasteiger partial charge in [0, 0.05) is 6.04 Å². The van der Waals surface area contributed by atoms with Gasteiger partial charge in [-0.2, -0.15) is 0 Å². The molecular formula is C18H28N2. The van der Waals surface area contributed by atoms with Crippen LogP contribution in [-0.4, -0.2) is 0 Å². The molecule has 1 aromatic rings. The van der Waals surface area contributed by atoms with Gasteiger partial charge in [-0.05, 0) is 48.6 Å². The SMILES string of the molecule is NNC(c1cccc(C2CCC2)c1)C1CCCCCC1. The van der Waals surface area contributed by atoms with Crippen molar-refractivity contribution in [2.45, 2.75) is 69.7 Å². The predicted molar refractivity (Wildman–Crippen MR) is 84.3 cm³/mol. The molecule has 1 unspecified atom stereocenters. The second-order valence-electron chi connectivity index (χ2n) is 6.69. The van der Waals surface area contributed by atoms with Gasteiger partial charge in [0.1, 0.15) is 0 Å². The van der Waals surface area contributed by atoms with Gasteiger partial charge >= 0.3 is 0 Å². The highest BCUT2D eigenvalue weighted by Gasteiger charge is 2.25. The Kier molecular flexibility index (Phi) is 4.74. The van der Waals surface area contributed by atoms with Crippen LogP contribution >= 0.6 is 0 Å². The summed E-state index contributed by atoms with van der Waals surface area (Å²) in [6, 6.07) is 9.54. The highest BCUT2D eigenvalue weighted by Crippen LogP contribution is 2.38. The molecule has 2 aliphatic rings. The Balaban J connectivity index is 1.77. The molecule has 2 heteroatoms. The van der Waals surface area contributed by atoms with Crippen molar-refractivity contribution in [3.8, 4) is 0 Å². The van der Waals surface area contributed by atoms with Crippen LogP contribution in [0.15, 0.2) is 24.3 Å². The van der Waals surface area contributed by atoms with Gasteiger partial charge in [0.2, 0.25) is 0 Å². The molecule has 0 amide bonds. The third kappa shape index (κ3) is 3.07. The fourth-order valence-electron chi connectivity index (χ4n) is 3.90. The fraction of sp³-hybridized carbons (Fsp3) is 0.667. The first-order chi connectivity index (χ1) is 9.88. The third-order valence-corrected chi connectivity index (χ3v) is 5.40. The first kappa shape index (κ1) is 14.1. The second-order valence-corrected chi connectivity index (χ2v) is 6.69. The summed E-state index contributed by atoms with van der Waals surface area (Å²) in [4.78, 5) is 0. The van der Waals surface area contributed by atoms with Crippen LogP contribution in [0.1, 0.15) is 80.9 Å². The van der Waals surface area contributed by atoms with E-state index in [-0.39, 0.29) is 0 Å². The summed E-state index contributed by atoms with van der Waals surface area (Å²) in [5.41, 5.74) is 6.05. The van der Waals surface area contributed by atoms with E-state index in [9.17, 15) is 0 Å². The number of nitrogens with two attached hydrogens (primary N) is 1. The topological polar surface area (TPSA) is 38.0 Å². The van der Waals surface area contributed by atoms with E-state index < -0.39 is 0 Å². The Hall–Kier alpha value is -0.860. The van der Waals surface area contributed by atoms with Gasteiger partial charge in [0.15, 0.2) is 0 Å². The summed E-state index contributed by atoms with van der Waals surface area (Å²) < 4.78 is 0. The molecule has 0 saturated heterocycles. The summed E-state index contributed by atoms with van der Waals surface area (Å²) >= 11 is 0.